The van der Waals surface area contributed by atoms with E-state index in [1.54, 1.807) is 12.1 Å². The van der Waals surface area contributed by atoms with Gasteiger partial charge in [0.1, 0.15) is 17.3 Å². The van der Waals surface area contributed by atoms with Crippen molar-refractivity contribution in [3.63, 3.8) is 0 Å². The summed E-state index contributed by atoms with van der Waals surface area (Å²) in [4.78, 5) is 23.9. The van der Waals surface area contributed by atoms with Crippen LogP contribution in [-0.4, -0.2) is 22.7 Å². The first-order chi connectivity index (χ1) is 14.3. The number of hydrogen-bond acceptors (Lipinski definition) is 5. The van der Waals surface area contributed by atoms with Crippen molar-refractivity contribution < 1.29 is 23.0 Å². The molecule has 0 aliphatic heterocycles. The van der Waals surface area contributed by atoms with Crippen LogP contribution in [0.4, 0.5) is 8.78 Å². The molecule has 1 aromatic heterocycles. The van der Waals surface area contributed by atoms with Crippen LogP contribution >= 0.6 is 0 Å². The Morgan fingerprint density at radius 3 is 2.60 bits per heavy atom. The van der Waals surface area contributed by atoms with Crippen LogP contribution in [0.3, 0.4) is 0 Å². The van der Waals surface area contributed by atoms with Crippen molar-refractivity contribution >= 4 is 5.78 Å². The highest BCUT2D eigenvalue weighted by atomic mass is 19.1. The molecule has 3 rings (SSSR count). The highest BCUT2D eigenvalue weighted by molar-refractivity contribution is 5.97. The van der Waals surface area contributed by atoms with Gasteiger partial charge in [0.05, 0.1) is 12.7 Å². The smallest absolute Gasteiger partial charge is 0.270 e. The minimum atomic E-state index is -0.911. The first kappa shape index (κ1) is 20.7. The lowest BCUT2D eigenvalue weighted by Crippen LogP contribution is -2.20. The SMILES string of the molecule is C#CC(=O)Cc1cccc(Oc2ccc(F)cc2F)c1-c1nn(C)c(=O)cc1OC. The first-order valence-corrected chi connectivity index (χ1v) is 8.71. The Balaban J connectivity index is 2.25. The lowest BCUT2D eigenvalue weighted by atomic mass is 9.98. The van der Waals surface area contributed by atoms with Gasteiger partial charge in [-0.25, -0.2) is 13.5 Å². The van der Waals surface area contributed by atoms with Gasteiger partial charge in [-0.15, -0.1) is 6.42 Å². The average Bonchev–Trinajstić information content (AvgIpc) is 2.72. The molecule has 6 nitrogen and oxygen atoms in total. The number of carbonyl (C=O) groups excluding carboxylic acids is 1. The minimum Gasteiger partial charge on any atom is -0.494 e. The van der Waals surface area contributed by atoms with Crippen LogP contribution in [0.25, 0.3) is 11.3 Å². The summed E-state index contributed by atoms with van der Waals surface area (Å²) in [6.45, 7) is 0. The van der Waals surface area contributed by atoms with Crippen LogP contribution in [0.1, 0.15) is 5.56 Å². The molecule has 0 N–H and O–H groups in total. The number of benzene rings is 2. The van der Waals surface area contributed by atoms with Crippen molar-refractivity contribution in [3.8, 4) is 40.8 Å². The van der Waals surface area contributed by atoms with Crippen molar-refractivity contribution in [1.82, 2.24) is 9.78 Å². The zero-order valence-corrected chi connectivity index (χ0v) is 16.1. The van der Waals surface area contributed by atoms with Crippen LogP contribution in [0, 0.1) is 24.0 Å². The van der Waals surface area contributed by atoms with Crippen molar-refractivity contribution in [1.29, 1.82) is 0 Å². The lowest BCUT2D eigenvalue weighted by molar-refractivity contribution is -0.113. The van der Waals surface area contributed by atoms with Gasteiger partial charge >= 0.3 is 0 Å². The molecule has 0 aliphatic rings. The Kier molecular flexibility index (Phi) is 5.93. The molecule has 0 radical (unpaired) electrons. The molecule has 30 heavy (non-hydrogen) atoms. The maximum atomic E-state index is 14.2. The third kappa shape index (κ3) is 4.20. The molecular formula is C22H16F2N2O4. The number of rotatable bonds is 6. The summed E-state index contributed by atoms with van der Waals surface area (Å²) in [5, 5.41) is 4.23. The normalized spacial score (nSPS) is 10.4. The largest absolute Gasteiger partial charge is 0.494 e. The van der Waals surface area contributed by atoms with Gasteiger partial charge in [-0.1, -0.05) is 12.1 Å². The fourth-order valence-electron chi connectivity index (χ4n) is 2.83. The van der Waals surface area contributed by atoms with Gasteiger partial charge in [0, 0.05) is 25.6 Å². The Morgan fingerprint density at radius 2 is 1.93 bits per heavy atom. The summed E-state index contributed by atoms with van der Waals surface area (Å²) < 4.78 is 39.5. The van der Waals surface area contributed by atoms with Crippen LogP contribution in [-0.2, 0) is 18.3 Å². The van der Waals surface area contributed by atoms with Crippen LogP contribution < -0.4 is 15.0 Å². The Hall–Kier alpha value is -3.99. The molecule has 2 aromatic carbocycles. The molecule has 0 spiro atoms. The Bertz CT molecular complexity index is 1230. The first-order valence-electron chi connectivity index (χ1n) is 8.71. The molecule has 0 atom stereocenters. The monoisotopic (exact) mass is 410 g/mol. The Labute approximate surface area is 170 Å². The second-order valence-corrected chi connectivity index (χ2v) is 6.23. The molecule has 0 fully saturated rings. The molecule has 0 aliphatic carbocycles. The van der Waals surface area contributed by atoms with Crippen LogP contribution in [0.5, 0.6) is 17.2 Å². The molecular weight excluding hydrogens is 394 g/mol. The van der Waals surface area contributed by atoms with E-state index in [1.807, 2.05) is 5.92 Å². The van der Waals surface area contributed by atoms with Crippen LogP contribution in [0.15, 0.2) is 47.3 Å². The summed E-state index contributed by atoms with van der Waals surface area (Å²) in [5.41, 5.74) is 0.497. The van der Waals surface area contributed by atoms with Crippen molar-refractivity contribution in [2.45, 2.75) is 6.42 Å². The number of carbonyl (C=O) groups is 1. The summed E-state index contributed by atoms with van der Waals surface area (Å²) in [7, 11) is 2.80. The van der Waals surface area contributed by atoms with Crippen molar-refractivity contribution in [2.75, 3.05) is 7.11 Å². The summed E-state index contributed by atoms with van der Waals surface area (Å²) >= 11 is 0. The van der Waals surface area contributed by atoms with Gasteiger partial charge in [-0.05, 0) is 29.7 Å². The number of terminal acetylenes is 1. The standard InChI is InChI=1S/C22H16F2N2O4/c1-4-15(27)10-13-6-5-7-18(30-17-9-8-14(23)11-16(17)24)21(13)22-19(29-3)12-20(28)26(2)25-22/h1,5-9,11-12H,10H2,2-3H3. The van der Waals surface area contributed by atoms with Gasteiger partial charge in [0.15, 0.2) is 17.3 Å². The third-order valence-electron chi connectivity index (χ3n) is 4.25. The number of halogens is 2. The van der Waals surface area contributed by atoms with E-state index in [9.17, 15) is 18.4 Å². The van der Waals surface area contributed by atoms with E-state index in [-0.39, 0.29) is 34.9 Å². The molecule has 0 unspecified atom stereocenters. The van der Waals surface area contributed by atoms with Gasteiger partial charge in [-0.3, -0.25) is 9.59 Å². The fraction of sp³-hybridized carbons (Fsp3) is 0.136. The van der Waals surface area contributed by atoms with Crippen molar-refractivity contribution in [2.24, 2.45) is 7.05 Å². The van der Waals surface area contributed by atoms with Gasteiger partial charge in [-0.2, -0.15) is 5.10 Å². The number of ketones is 1. The van der Waals surface area contributed by atoms with E-state index in [0.717, 1.165) is 16.8 Å². The minimum absolute atomic E-state index is 0.118. The second kappa shape index (κ2) is 8.57. The molecule has 8 heteroatoms. The number of ether oxygens (including phenoxy) is 2. The average molecular weight is 410 g/mol. The molecule has 1 heterocycles. The summed E-state index contributed by atoms with van der Waals surface area (Å²) in [6, 6.07) is 8.84. The molecule has 3 aromatic rings. The molecule has 0 saturated carbocycles. The van der Waals surface area contributed by atoms with Gasteiger partial charge in [0.25, 0.3) is 5.56 Å². The van der Waals surface area contributed by atoms with Crippen molar-refractivity contribution in [3.05, 3.63) is 70.0 Å². The second-order valence-electron chi connectivity index (χ2n) is 6.23. The topological polar surface area (TPSA) is 70.4 Å². The Morgan fingerprint density at radius 1 is 1.17 bits per heavy atom. The van der Waals surface area contributed by atoms with Gasteiger partial charge < -0.3 is 9.47 Å². The highest BCUT2D eigenvalue weighted by Gasteiger charge is 2.21. The fourth-order valence-corrected chi connectivity index (χ4v) is 2.83. The lowest BCUT2D eigenvalue weighted by Gasteiger charge is -2.17. The quantitative estimate of drug-likeness (QED) is 0.461. The van der Waals surface area contributed by atoms with E-state index in [2.05, 4.69) is 5.10 Å². The summed E-state index contributed by atoms with van der Waals surface area (Å²) in [5.74, 6) is -0.112. The number of aryl methyl sites for hydroxylation is 1. The van der Waals surface area contributed by atoms with E-state index < -0.39 is 23.0 Å². The van der Waals surface area contributed by atoms with E-state index in [1.165, 1.54) is 26.3 Å². The third-order valence-corrected chi connectivity index (χ3v) is 4.25. The van der Waals surface area contributed by atoms with Gasteiger partial charge in [0.2, 0.25) is 5.78 Å². The van der Waals surface area contributed by atoms with E-state index in [0.29, 0.717) is 11.6 Å². The number of aromatic nitrogens is 2. The molecule has 0 saturated heterocycles. The predicted octanol–water partition coefficient (Wildman–Crippen LogP) is 3.27. The number of Topliss-reactive ketones (excluding diaryl/α,β-unsaturated/α-hetero) is 1. The number of nitrogens with zero attached hydrogens (tertiary/aromatic N) is 2. The zero-order valence-electron chi connectivity index (χ0n) is 16.1. The highest BCUT2D eigenvalue weighted by Crippen LogP contribution is 2.39. The predicted molar refractivity (Wildman–Crippen MR) is 105 cm³/mol. The molecule has 0 bridgehead atoms. The zero-order chi connectivity index (χ0) is 21.8. The number of hydrogen-bond donors (Lipinski definition) is 0. The van der Waals surface area contributed by atoms with E-state index in [4.69, 9.17) is 15.9 Å². The molecule has 0 amide bonds. The molecule has 152 valence electrons. The number of methoxy groups -OCH3 is 1. The summed E-state index contributed by atoms with van der Waals surface area (Å²) in [6.07, 6.45) is 5.05. The maximum Gasteiger partial charge on any atom is 0.270 e. The van der Waals surface area contributed by atoms with E-state index >= 15 is 0 Å². The van der Waals surface area contributed by atoms with Crippen LogP contribution in [0.2, 0.25) is 0 Å². The maximum absolute atomic E-state index is 14.2.